The van der Waals surface area contributed by atoms with E-state index in [0.29, 0.717) is 17.4 Å². The maximum Gasteiger partial charge on any atom is 0.272 e. The molecule has 1 unspecified atom stereocenters. The highest BCUT2D eigenvalue weighted by molar-refractivity contribution is 5.92. The molecule has 1 aliphatic rings. The Bertz CT molecular complexity index is 935. The number of piperidine rings is 1. The summed E-state index contributed by atoms with van der Waals surface area (Å²) in [6.07, 6.45) is 6.61. The van der Waals surface area contributed by atoms with Crippen LogP contribution >= 0.6 is 0 Å². The third kappa shape index (κ3) is 3.43. The van der Waals surface area contributed by atoms with Gasteiger partial charge in [-0.15, -0.1) is 0 Å². The van der Waals surface area contributed by atoms with Crippen molar-refractivity contribution in [3.8, 4) is 0 Å². The Morgan fingerprint density at radius 2 is 2.04 bits per heavy atom. The number of aryl methyl sites for hydroxylation is 1. The number of amides is 1. The first-order chi connectivity index (χ1) is 12.7. The van der Waals surface area contributed by atoms with Gasteiger partial charge in [-0.2, -0.15) is 0 Å². The van der Waals surface area contributed by atoms with Crippen molar-refractivity contribution >= 4 is 16.8 Å². The Balaban J connectivity index is 1.51. The fraction of sp³-hybridized carbons (Fsp3) is 0.333. The Labute approximate surface area is 153 Å². The molecule has 5 nitrogen and oxygen atoms in total. The average Bonchev–Trinajstić information content (AvgIpc) is 2.68. The Kier molecular flexibility index (Phi) is 4.61. The Morgan fingerprint density at radius 3 is 2.92 bits per heavy atom. The van der Waals surface area contributed by atoms with Gasteiger partial charge in [-0.05, 0) is 49.8 Å². The molecule has 1 saturated heterocycles. The Morgan fingerprint density at radius 1 is 1.15 bits per heavy atom. The number of para-hydroxylation sites is 1. The van der Waals surface area contributed by atoms with Crippen LogP contribution in [0.4, 0.5) is 0 Å². The molecule has 3 aromatic rings. The molecule has 2 aromatic heterocycles. The third-order valence-corrected chi connectivity index (χ3v) is 5.03. The predicted octanol–water partition coefficient (Wildman–Crippen LogP) is 3.43. The molecule has 1 atom stereocenters. The maximum absolute atomic E-state index is 12.8. The summed E-state index contributed by atoms with van der Waals surface area (Å²) in [4.78, 5) is 27.6. The van der Waals surface area contributed by atoms with Crippen LogP contribution in [0.1, 0.15) is 34.7 Å². The van der Waals surface area contributed by atoms with Crippen LogP contribution in [-0.4, -0.2) is 38.8 Å². The van der Waals surface area contributed by atoms with E-state index in [0.717, 1.165) is 37.9 Å². The van der Waals surface area contributed by atoms with Crippen LogP contribution in [0.15, 0.2) is 48.8 Å². The van der Waals surface area contributed by atoms with E-state index in [9.17, 15) is 4.79 Å². The molecule has 3 heterocycles. The molecule has 4 rings (SSSR count). The minimum Gasteiger partial charge on any atom is -0.337 e. The summed E-state index contributed by atoms with van der Waals surface area (Å²) in [6.45, 7) is 3.38. The van der Waals surface area contributed by atoms with Crippen molar-refractivity contribution in [1.82, 2.24) is 19.9 Å². The van der Waals surface area contributed by atoms with Crippen LogP contribution in [0.5, 0.6) is 0 Å². The largest absolute Gasteiger partial charge is 0.337 e. The van der Waals surface area contributed by atoms with Crippen LogP contribution in [0, 0.1) is 12.8 Å². The first kappa shape index (κ1) is 16.6. The molecule has 132 valence electrons. The van der Waals surface area contributed by atoms with Crippen molar-refractivity contribution < 1.29 is 4.79 Å². The number of hydrogen-bond acceptors (Lipinski definition) is 4. The molecule has 1 aromatic carbocycles. The minimum absolute atomic E-state index is 0.0104. The predicted molar refractivity (Wildman–Crippen MR) is 101 cm³/mol. The monoisotopic (exact) mass is 346 g/mol. The van der Waals surface area contributed by atoms with Gasteiger partial charge >= 0.3 is 0 Å². The van der Waals surface area contributed by atoms with Gasteiger partial charge in [0.15, 0.2) is 0 Å². The number of benzene rings is 1. The maximum atomic E-state index is 12.8. The number of rotatable bonds is 3. The molecule has 0 saturated carbocycles. The van der Waals surface area contributed by atoms with Crippen molar-refractivity contribution in [3.05, 3.63) is 65.9 Å². The van der Waals surface area contributed by atoms with E-state index < -0.39 is 0 Å². The highest BCUT2D eigenvalue weighted by Gasteiger charge is 2.26. The van der Waals surface area contributed by atoms with E-state index in [2.05, 4.69) is 39.2 Å². The van der Waals surface area contributed by atoms with Gasteiger partial charge in [-0.25, -0.2) is 9.97 Å². The second kappa shape index (κ2) is 7.20. The highest BCUT2D eigenvalue weighted by Crippen LogP contribution is 2.25. The van der Waals surface area contributed by atoms with Gasteiger partial charge in [0.25, 0.3) is 5.91 Å². The van der Waals surface area contributed by atoms with E-state index in [1.807, 2.05) is 24.1 Å². The zero-order valence-corrected chi connectivity index (χ0v) is 14.9. The van der Waals surface area contributed by atoms with Crippen molar-refractivity contribution in [1.29, 1.82) is 0 Å². The van der Waals surface area contributed by atoms with Crippen LogP contribution < -0.4 is 0 Å². The smallest absolute Gasteiger partial charge is 0.272 e. The standard InChI is InChI=1S/C21H22N4O/c1-15-22-11-9-19(24-15)21(26)25-12-4-5-16(14-25)13-18-7-2-6-17-8-3-10-23-20(17)18/h2-3,6-11,16H,4-5,12-14H2,1H3. The summed E-state index contributed by atoms with van der Waals surface area (Å²) < 4.78 is 0. The van der Waals surface area contributed by atoms with E-state index >= 15 is 0 Å². The fourth-order valence-corrected chi connectivity index (χ4v) is 3.80. The zero-order chi connectivity index (χ0) is 17.9. The van der Waals surface area contributed by atoms with Crippen molar-refractivity contribution in [2.24, 2.45) is 5.92 Å². The third-order valence-electron chi connectivity index (χ3n) is 5.03. The Hall–Kier alpha value is -2.82. The summed E-state index contributed by atoms with van der Waals surface area (Å²) in [7, 11) is 0. The molecule has 1 fully saturated rings. The van der Waals surface area contributed by atoms with Gasteiger partial charge in [0.05, 0.1) is 5.52 Å². The molecule has 1 aliphatic heterocycles. The topological polar surface area (TPSA) is 59.0 Å². The summed E-state index contributed by atoms with van der Waals surface area (Å²) in [6, 6.07) is 12.1. The molecule has 0 spiro atoms. The van der Waals surface area contributed by atoms with Crippen molar-refractivity contribution in [2.75, 3.05) is 13.1 Å². The summed E-state index contributed by atoms with van der Waals surface area (Å²) in [5.74, 6) is 1.09. The molecule has 0 bridgehead atoms. The quantitative estimate of drug-likeness (QED) is 0.729. The summed E-state index contributed by atoms with van der Waals surface area (Å²) >= 11 is 0. The number of carbonyl (C=O) groups is 1. The lowest BCUT2D eigenvalue weighted by Gasteiger charge is -2.32. The summed E-state index contributed by atoms with van der Waals surface area (Å²) in [5.41, 5.74) is 2.83. The van der Waals surface area contributed by atoms with Crippen LogP contribution in [-0.2, 0) is 6.42 Å². The molecular formula is C21H22N4O. The second-order valence-corrected chi connectivity index (χ2v) is 6.94. The second-order valence-electron chi connectivity index (χ2n) is 6.94. The average molecular weight is 346 g/mol. The van der Waals surface area contributed by atoms with Crippen LogP contribution in [0.2, 0.25) is 0 Å². The minimum atomic E-state index is 0.0104. The van der Waals surface area contributed by atoms with E-state index in [-0.39, 0.29) is 5.91 Å². The SMILES string of the molecule is Cc1nccc(C(=O)N2CCCC(Cc3cccc4cccnc34)C2)n1. The number of hydrogen-bond donors (Lipinski definition) is 0. The highest BCUT2D eigenvalue weighted by atomic mass is 16.2. The van der Waals surface area contributed by atoms with Gasteiger partial charge < -0.3 is 4.90 Å². The molecule has 0 radical (unpaired) electrons. The lowest BCUT2D eigenvalue weighted by atomic mass is 9.90. The first-order valence-electron chi connectivity index (χ1n) is 9.12. The molecule has 26 heavy (non-hydrogen) atoms. The summed E-state index contributed by atoms with van der Waals surface area (Å²) in [5, 5.41) is 1.17. The van der Waals surface area contributed by atoms with Gasteiger partial charge in [0, 0.05) is 30.9 Å². The molecular weight excluding hydrogens is 324 g/mol. The number of likely N-dealkylation sites (tertiary alicyclic amines) is 1. The first-order valence-corrected chi connectivity index (χ1v) is 9.12. The number of aromatic nitrogens is 3. The van der Waals surface area contributed by atoms with Gasteiger partial charge in [0.1, 0.15) is 11.5 Å². The molecule has 5 heteroatoms. The van der Waals surface area contributed by atoms with Gasteiger partial charge in [-0.3, -0.25) is 9.78 Å². The number of pyridine rings is 1. The molecule has 0 N–H and O–H groups in total. The normalized spacial score (nSPS) is 17.4. The number of fused-ring (bicyclic) bond motifs is 1. The molecule has 0 aliphatic carbocycles. The number of carbonyl (C=O) groups excluding carboxylic acids is 1. The van der Waals surface area contributed by atoms with Gasteiger partial charge in [0.2, 0.25) is 0 Å². The van der Waals surface area contributed by atoms with Gasteiger partial charge in [-0.1, -0.05) is 24.3 Å². The lowest BCUT2D eigenvalue weighted by molar-refractivity contribution is 0.0667. The van der Waals surface area contributed by atoms with E-state index in [1.165, 1.54) is 10.9 Å². The fourth-order valence-electron chi connectivity index (χ4n) is 3.80. The van der Waals surface area contributed by atoms with Crippen molar-refractivity contribution in [3.63, 3.8) is 0 Å². The zero-order valence-electron chi connectivity index (χ0n) is 14.9. The van der Waals surface area contributed by atoms with Crippen LogP contribution in [0.25, 0.3) is 10.9 Å². The molecule has 1 amide bonds. The lowest BCUT2D eigenvalue weighted by Crippen LogP contribution is -2.41. The van der Waals surface area contributed by atoms with Crippen molar-refractivity contribution in [2.45, 2.75) is 26.2 Å². The van der Waals surface area contributed by atoms with E-state index in [4.69, 9.17) is 0 Å². The van der Waals surface area contributed by atoms with Crippen LogP contribution in [0.3, 0.4) is 0 Å². The number of nitrogens with zero attached hydrogens (tertiary/aromatic N) is 4. The van der Waals surface area contributed by atoms with E-state index in [1.54, 1.807) is 12.3 Å².